The summed E-state index contributed by atoms with van der Waals surface area (Å²) < 4.78 is 0. The second kappa shape index (κ2) is 7.97. The second-order valence-electron chi connectivity index (χ2n) is 7.08. The van der Waals surface area contributed by atoms with Crippen molar-refractivity contribution in [2.45, 2.75) is 31.3 Å². The number of hydrogen-bond donors (Lipinski definition) is 2. The lowest BCUT2D eigenvalue weighted by atomic mass is 9.90. The molecule has 136 valence electrons. The Morgan fingerprint density at radius 2 is 1.96 bits per heavy atom. The van der Waals surface area contributed by atoms with E-state index in [1.807, 2.05) is 23.1 Å². The Kier molecular flexibility index (Phi) is 5.71. The number of amides is 2. The van der Waals surface area contributed by atoms with Crippen LogP contribution in [0, 0.1) is 0 Å². The predicted octanol–water partition coefficient (Wildman–Crippen LogP) is 0.405. The molecule has 3 rings (SSSR count). The van der Waals surface area contributed by atoms with E-state index in [0.717, 1.165) is 19.3 Å². The van der Waals surface area contributed by atoms with Gasteiger partial charge in [-0.2, -0.15) is 0 Å². The lowest BCUT2D eigenvalue weighted by Gasteiger charge is -2.41. The van der Waals surface area contributed by atoms with E-state index >= 15 is 0 Å². The molecule has 0 aromatic heterocycles. The number of benzene rings is 1. The van der Waals surface area contributed by atoms with Gasteiger partial charge in [-0.25, -0.2) is 0 Å². The zero-order valence-corrected chi connectivity index (χ0v) is 14.6. The highest BCUT2D eigenvalue weighted by molar-refractivity contribution is 5.86. The first-order valence-corrected chi connectivity index (χ1v) is 9.12. The van der Waals surface area contributed by atoms with Crippen molar-refractivity contribution < 1.29 is 14.7 Å². The number of carbonyl (C=O) groups excluding carboxylic acids is 2. The summed E-state index contributed by atoms with van der Waals surface area (Å²) in [7, 11) is 0. The van der Waals surface area contributed by atoms with Gasteiger partial charge in [0.15, 0.2) is 5.60 Å². The van der Waals surface area contributed by atoms with E-state index in [1.54, 1.807) is 4.90 Å². The molecule has 1 aromatic rings. The number of piperidine rings is 1. The van der Waals surface area contributed by atoms with Crippen LogP contribution in [0.2, 0.25) is 0 Å². The summed E-state index contributed by atoms with van der Waals surface area (Å²) in [5.41, 5.74) is -0.0932. The van der Waals surface area contributed by atoms with E-state index in [4.69, 9.17) is 0 Å². The minimum atomic E-state index is -1.36. The number of aryl methyl sites for hydroxylation is 1. The van der Waals surface area contributed by atoms with Gasteiger partial charge >= 0.3 is 0 Å². The maximum Gasteiger partial charge on any atom is 0.255 e. The van der Waals surface area contributed by atoms with Crippen LogP contribution in [0.5, 0.6) is 0 Å². The monoisotopic (exact) mass is 345 g/mol. The average molecular weight is 345 g/mol. The summed E-state index contributed by atoms with van der Waals surface area (Å²) >= 11 is 0. The Balaban J connectivity index is 1.53. The lowest BCUT2D eigenvalue weighted by Crippen LogP contribution is -2.61. The highest BCUT2D eigenvalue weighted by Crippen LogP contribution is 2.24. The summed E-state index contributed by atoms with van der Waals surface area (Å²) in [6.45, 7) is 3.12. The molecule has 1 aromatic carbocycles. The fourth-order valence-electron chi connectivity index (χ4n) is 3.74. The fraction of sp³-hybridized carbons (Fsp3) is 0.579. The van der Waals surface area contributed by atoms with Crippen molar-refractivity contribution >= 4 is 11.8 Å². The SMILES string of the molecule is O=C1CN(CC2(O)CCCN(CCCc3ccccc3)C2=O)CCN1. The summed E-state index contributed by atoms with van der Waals surface area (Å²) in [5, 5.41) is 13.7. The van der Waals surface area contributed by atoms with Crippen LogP contribution < -0.4 is 5.32 Å². The van der Waals surface area contributed by atoms with Crippen LogP contribution in [0.15, 0.2) is 30.3 Å². The van der Waals surface area contributed by atoms with Crippen LogP contribution >= 0.6 is 0 Å². The highest BCUT2D eigenvalue weighted by Gasteiger charge is 2.43. The van der Waals surface area contributed by atoms with Gasteiger partial charge in [0.2, 0.25) is 5.91 Å². The largest absolute Gasteiger partial charge is 0.379 e. The summed E-state index contributed by atoms with van der Waals surface area (Å²) in [6.07, 6.45) is 3.08. The first-order chi connectivity index (χ1) is 12.1. The zero-order valence-electron chi connectivity index (χ0n) is 14.6. The highest BCUT2D eigenvalue weighted by atomic mass is 16.3. The number of nitrogens with one attached hydrogen (secondary N) is 1. The molecule has 0 bridgehead atoms. The predicted molar refractivity (Wildman–Crippen MR) is 95.0 cm³/mol. The van der Waals surface area contributed by atoms with Gasteiger partial charge in [-0.15, -0.1) is 0 Å². The van der Waals surface area contributed by atoms with Crippen molar-refractivity contribution in [1.29, 1.82) is 0 Å². The molecular weight excluding hydrogens is 318 g/mol. The number of rotatable bonds is 6. The number of β-amino-alcohol motifs (C(OH)–C–C–N with tert-alkyl or cyclic N) is 1. The van der Waals surface area contributed by atoms with Gasteiger partial charge in [-0.3, -0.25) is 14.5 Å². The maximum absolute atomic E-state index is 12.8. The van der Waals surface area contributed by atoms with E-state index in [9.17, 15) is 14.7 Å². The first kappa shape index (κ1) is 17.9. The zero-order chi connectivity index (χ0) is 17.7. The minimum absolute atomic E-state index is 0.0437. The molecule has 2 fully saturated rings. The Morgan fingerprint density at radius 1 is 1.16 bits per heavy atom. The fourth-order valence-corrected chi connectivity index (χ4v) is 3.74. The number of piperazine rings is 1. The molecule has 2 aliphatic heterocycles. The molecule has 25 heavy (non-hydrogen) atoms. The van der Waals surface area contributed by atoms with E-state index in [2.05, 4.69) is 17.4 Å². The molecule has 2 saturated heterocycles. The number of likely N-dealkylation sites (tertiary alicyclic amines) is 1. The van der Waals surface area contributed by atoms with Crippen LogP contribution in [0.3, 0.4) is 0 Å². The van der Waals surface area contributed by atoms with E-state index in [0.29, 0.717) is 32.6 Å². The Hall–Kier alpha value is -1.92. The normalized spacial score (nSPS) is 25.1. The molecular formula is C19H27N3O3. The van der Waals surface area contributed by atoms with Crippen LogP contribution in [0.4, 0.5) is 0 Å². The lowest BCUT2D eigenvalue weighted by molar-refractivity contribution is -0.160. The van der Waals surface area contributed by atoms with Crippen LogP contribution in [0.1, 0.15) is 24.8 Å². The summed E-state index contributed by atoms with van der Waals surface area (Å²) in [5.74, 6) is -0.226. The Morgan fingerprint density at radius 3 is 2.72 bits per heavy atom. The van der Waals surface area contributed by atoms with Crippen molar-refractivity contribution in [3.8, 4) is 0 Å². The molecule has 2 N–H and O–H groups in total. The van der Waals surface area contributed by atoms with Crippen molar-refractivity contribution in [3.63, 3.8) is 0 Å². The van der Waals surface area contributed by atoms with E-state index in [-0.39, 0.29) is 24.9 Å². The Labute approximate surface area is 148 Å². The summed E-state index contributed by atoms with van der Waals surface area (Å²) in [4.78, 5) is 28.0. The van der Waals surface area contributed by atoms with Crippen molar-refractivity contribution in [2.24, 2.45) is 0 Å². The smallest absolute Gasteiger partial charge is 0.255 e. The van der Waals surface area contributed by atoms with Crippen molar-refractivity contribution in [2.75, 3.05) is 39.3 Å². The van der Waals surface area contributed by atoms with Crippen molar-refractivity contribution in [1.82, 2.24) is 15.1 Å². The number of nitrogens with zero attached hydrogens (tertiary/aromatic N) is 2. The van der Waals surface area contributed by atoms with Gasteiger partial charge in [-0.05, 0) is 31.2 Å². The number of hydrogen-bond acceptors (Lipinski definition) is 4. The third-order valence-electron chi connectivity index (χ3n) is 5.04. The standard InChI is InChI=1S/C19H27N3O3/c23-17-14-21(13-10-20-17)15-19(25)9-5-12-22(18(19)24)11-4-8-16-6-2-1-3-7-16/h1-3,6-7,25H,4-5,8-15H2,(H,20,23). The molecule has 1 unspecified atom stereocenters. The maximum atomic E-state index is 12.8. The molecule has 2 aliphatic rings. The molecule has 0 radical (unpaired) electrons. The topological polar surface area (TPSA) is 72.9 Å². The van der Waals surface area contributed by atoms with Crippen molar-refractivity contribution in [3.05, 3.63) is 35.9 Å². The molecule has 6 nitrogen and oxygen atoms in total. The second-order valence-corrected chi connectivity index (χ2v) is 7.08. The molecule has 1 atom stereocenters. The van der Waals surface area contributed by atoms with Gasteiger partial charge in [0.05, 0.1) is 6.54 Å². The first-order valence-electron chi connectivity index (χ1n) is 9.12. The molecule has 0 aliphatic carbocycles. The van der Waals surface area contributed by atoms with E-state index < -0.39 is 5.60 Å². The third-order valence-corrected chi connectivity index (χ3v) is 5.04. The number of aliphatic hydroxyl groups is 1. The Bertz CT molecular complexity index is 607. The summed E-state index contributed by atoms with van der Waals surface area (Å²) in [6, 6.07) is 10.2. The van der Waals surface area contributed by atoms with Gasteiger partial charge in [0.25, 0.3) is 5.91 Å². The molecule has 0 spiro atoms. The third kappa shape index (κ3) is 4.58. The molecule has 6 heteroatoms. The van der Waals surface area contributed by atoms with Crippen LogP contribution in [0.25, 0.3) is 0 Å². The van der Waals surface area contributed by atoms with Gasteiger partial charge in [-0.1, -0.05) is 30.3 Å². The minimum Gasteiger partial charge on any atom is -0.379 e. The quantitative estimate of drug-likeness (QED) is 0.783. The van der Waals surface area contributed by atoms with Gasteiger partial charge in [0.1, 0.15) is 0 Å². The van der Waals surface area contributed by atoms with Crippen LogP contribution in [-0.2, 0) is 16.0 Å². The van der Waals surface area contributed by atoms with Gasteiger partial charge in [0, 0.05) is 32.7 Å². The molecule has 2 heterocycles. The number of carbonyl (C=O) groups is 2. The molecule has 2 amide bonds. The van der Waals surface area contributed by atoms with E-state index in [1.165, 1.54) is 5.56 Å². The molecule has 0 saturated carbocycles. The van der Waals surface area contributed by atoms with Crippen LogP contribution in [-0.4, -0.2) is 71.6 Å². The van der Waals surface area contributed by atoms with Gasteiger partial charge < -0.3 is 15.3 Å². The average Bonchev–Trinajstić information content (AvgIpc) is 2.60.